The zero-order valence-corrected chi connectivity index (χ0v) is 13.4. The van der Waals surface area contributed by atoms with E-state index in [2.05, 4.69) is 36.2 Å². The highest BCUT2D eigenvalue weighted by Crippen LogP contribution is 2.21. The van der Waals surface area contributed by atoms with E-state index in [-0.39, 0.29) is 0 Å². The van der Waals surface area contributed by atoms with Crippen molar-refractivity contribution in [1.29, 1.82) is 5.26 Å². The molecule has 2 rings (SSSR count). The Kier molecular flexibility index (Phi) is 6.22. The second-order valence-corrected chi connectivity index (χ2v) is 6.08. The number of nitrogens with zero attached hydrogens (tertiary/aromatic N) is 2. The topological polar surface area (TPSA) is 39.1 Å². The summed E-state index contributed by atoms with van der Waals surface area (Å²) < 4.78 is 0. The Labute approximate surface area is 129 Å². The van der Waals surface area contributed by atoms with Crippen molar-refractivity contribution in [1.82, 2.24) is 10.2 Å². The summed E-state index contributed by atoms with van der Waals surface area (Å²) in [5, 5.41) is 12.5. The Hall–Kier alpha value is -1.37. The lowest BCUT2D eigenvalue weighted by molar-refractivity contribution is 0.137. The minimum Gasteiger partial charge on any atom is -0.315 e. The largest absolute Gasteiger partial charge is 0.315 e. The van der Waals surface area contributed by atoms with Gasteiger partial charge in [0.2, 0.25) is 0 Å². The number of aryl methyl sites for hydroxylation is 1. The van der Waals surface area contributed by atoms with E-state index in [1.165, 1.54) is 43.4 Å². The minimum absolute atomic E-state index is 0.653. The summed E-state index contributed by atoms with van der Waals surface area (Å²) in [4.78, 5) is 2.61. The van der Waals surface area contributed by atoms with Gasteiger partial charge in [-0.3, -0.25) is 4.90 Å². The third-order valence-corrected chi connectivity index (χ3v) is 4.40. The van der Waals surface area contributed by atoms with Gasteiger partial charge in [-0.1, -0.05) is 19.4 Å². The maximum Gasteiger partial charge on any atom is 0.0991 e. The van der Waals surface area contributed by atoms with Crippen molar-refractivity contribution >= 4 is 0 Å². The third kappa shape index (κ3) is 4.56. The number of rotatable bonds is 6. The number of hydrogen-bond acceptors (Lipinski definition) is 3. The van der Waals surface area contributed by atoms with Gasteiger partial charge in [-0.15, -0.1) is 0 Å². The highest BCUT2D eigenvalue weighted by atomic mass is 15.2. The summed E-state index contributed by atoms with van der Waals surface area (Å²) >= 11 is 0. The second kappa shape index (κ2) is 8.17. The van der Waals surface area contributed by atoms with Gasteiger partial charge in [0.1, 0.15) is 0 Å². The highest BCUT2D eigenvalue weighted by Gasteiger charge is 2.22. The lowest BCUT2D eigenvalue weighted by Gasteiger charge is -2.36. The van der Waals surface area contributed by atoms with Crippen LogP contribution in [0.4, 0.5) is 0 Å². The Balaban J connectivity index is 2.00. The molecule has 0 bridgehead atoms. The normalized spacial score (nSPS) is 19.4. The lowest BCUT2D eigenvalue weighted by atomic mass is 9.99. The first-order valence-corrected chi connectivity index (χ1v) is 8.19. The molecule has 1 aliphatic rings. The predicted octanol–water partition coefficient (Wildman–Crippen LogP) is 3.22. The van der Waals surface area contributed by atoms with Crippen molar-refractivity contribution < 1.29 is 0 Å². The number of piperidine rings is 1. The molecule has 1 saturated heterocycles. The lowest BCUT2D eigenvalue weighted by Crippen LogP contribution is -2.45. The Morgan fingerprint density at radius 1 is 1.38 bits per heavy atom. The van der Waals surface area contributed by atoms with E-state index in [1.54, 1.807) is 0 Å². The quantitative estimate of drug-likeness (QED) is 0.816. The highest BCUT2D eigenvalue weighted by molar-refractivity contribution is 5.37. The summed E-state index contributed by atoms with van der Waals surface area (Å²) in [6, 6.07) is 8.94. The van der Waals surface area contributed by atoms with E-state index in [1.807, 2.05) is 12.1 Å². The Morgan fingerprint density at radius 3 is 2.95 bits per heavy atom. The fourth-order valence-corrected chi connectivity index (χ4v) is 3.11. The van der Waals surface area contributed by atoms with Crippen LogP contribution in [0.2, 0.25) is 0 Å². The van der Waals surface area contributed by atoms with Crippen LogP contribution in [0.25, 0.3) is 0 Å². The summed E-state index contributed by atoms with van der Waals surface area (Å²) in [6.07, 6.45) is 5.15. The molecule has 1 aromatic rings. The SMILES string of the molecule is CCCNCC1CCCCN1Cc1ccc(C#N)cc1C. The molecule has 3 nitrogen and oxygen atoms in total. The molecule has 1 aromatic carbocycles. The molecule has 1 N–H and O–H groups in total. The van der Waals surface area contributed by atoms with Crippen LogP contribution in [-0.4, -0.2) is 30.6 Å². The molecule has 1 aliphatic heterocycles. The fraction of sp³-hybridized carbons (Fsp3) is 0.611. The van der Waals surface area contributed by atoms with Crippen LogP contribution in [0.15, 0.2) is 18.2 Å². The molecule has 3 heteroatoms. The van der Waals surface area contributed by atoms with Crippen LogP contribution in [0.3, 0.4) is 0 Å². The first-order chi connectivity index (χ1) is 10.2. The van der Waals surface area contributed by atoms with Crippen molar-refractivity contribution in [3.63, 3.8) is 0 Å². The van der Waals surface area contributed by atoms with Crippen molar-refractivity contribution in [2.45, 2.75) is 52.1 Å². The van der Waals surface area contributed by atoms with E-state index in [0.717, 1.165) is 25.2 Å². The van der Waals surface area contributed by atoms with Gasteiger partial charge < -0.3 is 5.32 Å². The molecular weight excluding hydrogens is 258 g/mol. The fourth-order valence-electron chi connectivity index (χ4n) is 3.11. The molecule has 21 heavy (non-hydrogen) atoms. The predicted molar refractivity (Wildman–Crippen MR) is 87.1 cm³/mol. The standard InChI is InChI=1S/C18H27N3/c1-3-9-20-13-18-6-4-5-10-21(18)14-17-8-7-16(12-19)11-15(17)2/h7-8,11,18,20H,3-6,9-10,13-14H2,1-2H3. The van der Waals surface area contributed by atoms with Crippen molar-refractivity contribution in [2.75, 3.05) is 19.6 Å². The van der Waals surface area contributed by atoms with Crippen molar-refractivity contribution in [3.8, 4) is 6.07 Å². The molecule has 1 fully saturated rings. The van der Waals surface area contributed by atoms with Gasteiger partial charge in [-0.05, 0) is 62.5 Å². The van der Waals surface area contributed by atoms with Gasteiger partial charge in [0.05, 0.1) is 11.6 Å². The van der Waals surface area contributed by atoms with Gasteiger partial charge in [-0.25, -0.2) is 0 Å². The summed E-state index contributed by atoms with van der Waals surface area (Å²) in [5.41, 5.74) is 3.35. The molecule has 1 heterocycles. The van der Waals surface area contributed by atoms with Gasteiger partial charge in [0.25, 0.3) is 0 Å². The van der Waals surface area contributed by atoms with Crippen LogP contribution >= 0.6 is 0 Å². The number of hydrogen-bond donors (Lipinski definition) is 1. The zero-order chi connectivity index (χ0) is 15.1. The van der Waals surface area contributed by atoms with Gasteiger partial charge >= 0.3 is 0 Å². The summed E-state index contributed by atoms with van der Waals surface area (Å²) in [7, 11) is 0. The van der Waals surface area contributed by atoms with Crippen LogP contribution in [-0.2, 0) is 6.54 Å². The molecule has 0 spiro atoms. The molecule has 0 amide bonds. The molecule has 1 atom stereocenters. The van der Waals surface area contributed by atoms with Crippen LogP contribution < -0.4 is 5.32 Å². The number of nitrogens with one attached hydrogen (secondary N) is 1. The Morgan fingerprint density at radius 2 is 2.24 bits per heavy atom. The van der Waals surface area contributed by atoms with E-state index < -0.39 is 0 Å². The van der Waals surface area contributed by atoms with Gasteiger partial charge in [-0.2, -0.15) is 5.26 Å². The van der Waals surface area contributed by atoms with E-state index in [0.29, 0.717) is 6.04 Å². The molecule has 0 aliphatic carbocycles. The van der Waals surface area contributed by atoms with E-state index in [4.69, 9.17) is 5.26 Å². The molecule has 0 saturated carbocycles. The van der Waals surface area contributed by atoms with Crippen LogP contribution in [0, 0.1) is 18.3 Å². The zero-order valence-electron chi connectivity index (χ0n) is 13.4. The number of likely N-dealkylation sites (tertiary alicyclic amines) is 1. The first kappa shape index (κ1) is 16.0. The number of nitriles is 1. The monoisotopic (exact) mass is 285 g/mol. The van der Waals surface area contributed by atoms with Gasteiger partial charge in [0.15, 0.2) is 0 Å². The molecular formula is C18H27N3. The second-order valence-electron chi connectivity index (χ2n) is 6.08. The van der Waals surface area contributed by atoms with E-state index >= 15 is 0 Å². The average Bonchev–Trinajstić information content (AvgIpc) is 2.51. The van der Waals surface area contributed by atoms with Gasteiger partial charge in [0, 0.05) is 19.1 Å². The molecule has 1 unspecified atom stereocenters. The average molecular weight is 285 g/mol. The molecule has 0 aromatic heterocycles. The smallest absolute Gasteiger partial charge is 0.0991 e. The van der Waals surface area contributed by atoms with Crippen molar-refractivity contribution in [3.05, 3.63) is 34.9 Å². The maximum absolute atomic E-state index is 8.97. The maximum atomic E-state index is 8.97. The first-order valence-electron chi connectivity index (χ1n) is 8.19. The summed E-state index contributed by atoms with van der Waals surface area (Å²) in [6.45, 7) is 8.74. The summed E-state index contributed by atoms with van der Waals surface area (Å²) in [5.74, 6) is 0. The third-order valence-electron chi connectivity index (χ3n) is 4.40. The number of benzene rings is 1. The van der Waals surface area contributed by atoms with Crippen LogP contribution in [0.1, 0.15) is 49.3 Å². The Bertz CT molecular complexity index is 490. The minimum atomic E-state index is 0.653. The molecule has 114 valence electrons. The van der Waals surface area contributed by atoms with Crippen molar-refractivity contribution in [2.24, 2.45) is 0 Å². The van der Waals surface area contributed by atoms with Crippen LogP contribution in [0.5, 0.6) is 0 Å². The van der Waals surface area contributed by atoms with E-state index in [9.17, 15) is 0 Å². The molecule has 0 radical (unpaired) electrons.